The number of phenols is 1. The van der Waals surface area contributed by atoms with Gasteiger partial charge < -0.3 is 14.6 Å². The van der Waals surface area contributed by atoms with Crippen molar-refractivity contribution in [1.82, 2.24) is 0 Å². The lowest BCUT2D eigenvalue weighted by molar-refractivity contribution is -0.162. The van der Waals surface area contributed by atoms with Crippen molar-refractivity contribution in [3.63, 3.8) is 0 Å². The normalized spacial score (nSPS) is 22.3. The summed E-state index contributed by atoms with van der Waals surface area (Å²) in [5.74, 6) is 0.522. The predicted octanol–water partition coefficient (Wildman–Crippen LogP) is 3.78. The smallest absolute Gasteiger partial charge is 0.332 e. The summed E-state index contributed by atoms with van der Waals surface area (Å²) in [4.78, 5) is 11.6. The van der Waals surface area contributed by atoms with E-state index in [4.69, 9.17) is 9.47 Å². The number of phenolic OH excluding ortho intramolecular Hbond substituents is 1. The lowest BCUT2D eigenvalue weighted by Gasteiger charge is -2.29. The minimum Gasteiger partial charge on any atom is -0.508 e. The lowest BCUT2D eigenvalue weighted by atomic mass is 9.83. The van der Waals surface area contributed by atoms with Crippen LogP contribution in [0.1, 0.15) is 57.9 Å². The van der Waals surface area contributed by atoms with E-state index in [0.29, 0.717) is 11.7 Å². The molecule has 2 rings (SSSR count). The maximum atomic E-state index is 11.6. The standard InChI is InChI=1S/C18H26O4/c1-18(2,3)22-17(20)12-21-16-10-6-14(7-11-16)13-4-8-15(19)9-5-13/h4-5,8-9,14,16,19H,6-7,10-12H2,1-3H3. The Hall–Kier alpha value is -1.55. The molecule has 0 spiro atoms. The molecule has 1 N–H and O–H groups in total. The van der Waals surface area contributed by atoms with Gasteiger partial charge in [-0.05, 0) is 70.1 Å². The number of aromatic hydroxyl groups is 1. The summed E-state index contributed by atoms with van der Waals surface area (Å²) in [5.41, 5.74) is 0.806. The molecule has 0 aromatic heterocycles. The summed E-state index contributed by atoms with van der Waals surface area (Å²) in [5, 5.41) is 9.34. The fraction of sp³-hybridized carbons (Fsp3) is 0.611. The molecule has 0 aliphatic heterocycles. The van der Waals surface area contributed by atoms with Gasteiger partial charge in [-0.15, -0.1) is 0 Å². The zero-order valence-electron chi connectivity index (χ0n) is 13.7. The van der Waals surface area contributed by atoms with Crippen LogP contribution in [0.4, 0.5) is 0 Å². The monoisotopic (exact) mass is 306 g/mol. The van der Waals surface area contributed by atoms with Gasteiger partial charge in [0, 0.05) is 0 Å². The average Bonchev–Trinajstić information content (AvgIpc) is 2.45. The largest absolute Gasteiger partial charge is 0.508 e. The molecule has 0 bridgehead atoms. The highest BCUT2D eigenvalue weighted by Crippen LogP contribution is 2.34. The number of carbonyl (C=O) groups excluding carboxylic acids is 1. The number of rotatable bonds is 4. The van der Waals surface area contributed by atoms with Crippen LogP contribution in [0.2, 0.25) is 0 Å². The van der Waals surface area contributed by atoms with E-state index < -0.39 is 5.60 Å². The van der Waals surface area contributed by atoms with Crippen LogP contribution in [0.25, 0.3) is 0 Å². The first-order valence-corrected chi connectivity index (χ1v) is 7.96. The van der Waals surface area contributed by atoms with Crippen molar-refractivity contribution in [3.8, 4) is 5.75 Å². The molecule has 1 fully saturated rings. The average molecular weight is 306 g/mol. The van der Waals surface area contributed by atoms with Gasteiger partial charge in [0.25, 0.3) is 0 Å². The second-order valence-electron chi connectivity index (χ2n) is 6.96. The summed E-state index contributed by atoms with van der Waals surface area (Å²) in [6, 6.07) is 7.45. The van der Waals surface area contributed by atoms with Crippen molar-refractivity contribution in [1.29, 1.82) is 0 Å². The number of hydrogen-bond acceptors (Lipinski definition) is 4. The number of hydrogen-bond donors (Lipinski definition) is 1. The van der Waals surface area contributed by atoms with E-state index in [9.17, 15) is 9.90 Å². The van der Waals surface area contributed by atoms with Gasteiger partial charge in [0.2, 0.25) is 0 Å². The van der Waals surface area contributed by atoms with E-state index in [1.807, 2.05) is 32.9 Å². The van der Waals surface area contributed by atoms with E-state index in [1.165, 1.54) is 5.56 Å². The number of benzene rings is 1. The van der Waals surface area contributed by atoms with Crippen LogP contribution < -0.4 is 0 Å². The molecule has 0 radical (unpaired) electrons. The van der Waals surface area contributed by atoms with Crippen LogP contribution in [0.5, 0.6) is 5.75 Å². The molecule has 122 valence electrons. The first kappa shape index (κ1) is 16.8. The van der Waals surface area contributed by atoms with Crippen molar-refractivity contribution in [2.45, 2.75) is 64.1 Å². The van der Waals surface area contributed by atoms with E-state index >= 15 is 0 Å². The Bertz CT molecular complexity index is 479. The second-order valence-corrected chi connectivity index (χ2v) is 6.96. The lowest BCUT2D eigenvalue weighted by Crippen LogP contribution is -2.29. The summed E-state index contributed by atoms with van der Waals surface area (Å²) >= 11 is 0. The maximum Gasteiger partial charge on any atom is 0.332 e. The minimum atomic E-state index is -0.461. The fourth-order valence-corrected chi connectivity index (χ4v) is 2.87. The predicted molar refractivity (Wildman–Crippen MR) is 84.9 cm³/mol. The van der Waals surface area contributed by atoms with E-state index in [1.54, 1.807) is 12.1 Å². The Balaban J connectivity index is 1.73. The van der Waals surface area contributed by atoms with Crippen molar-refractivity contribution in [2.24, 2.45) is 0 Å². The summed E-state index contributed by atoms with van der Waals surface area (Å²) in [7, 11) is 0. The summed E-state index contributed by atoms with van der Waals surface area (Å²) in [6.07, 6.45) is 4.14. The Morgan fingerprint density at radius 1 is 1.14 bits per heavy atom. The molecule has 1 aliphatic rings. The molecule has 0 amide bonds. The number of carbonyl (C=O) groups is 1. The van der Waals surface area contributed by atoms with Crippen molar-refractivity contribution < 1.29 is 19.4 Å². The van der Waals surface area contributed by atoms with Gasteiger partial charge in [0.1, 0.15) is 18.0 Å². The summed E-state index contributed by atoms with van der Waals surface area (Å²) in [6.45, 7) is 5.60. The van der Waals surface area contributed by atoms with Gasteiger partial charge in [-0.2, -0.15) is 0 Å². The molecule has 4 nitrogen and oxygen atoms in total. The van der Waals surface area contributed by atoms with Crippen LogP contribution >= 0.6 is 0 Å². The molecule has 4 heteroatoms. The molecular formula is C18H26O4. The second kappa shape index (κ2) is 7.14. The highest BCUT2D eigenvalue weighted by atomic mass is 16.6. The molecule has 22 heavy (non-hydrogen) atoms. The van der Waals surface area contributed by atoms with Crippen LogP contribution in [0.3, 0.4) is 0 Å². The molecule has 1 saturated carbocycles. The SMILES string of the molecule is CC(C)(C)OC(=O)COC1CCC(c2ccc(O)cc2)CC1. The van der Waals surface area contributed by atoms with Gasteiger partial charge in [-0.25, -0.2) is 4.79 Å². The third kappa shape index (κ3) is 5.34. The third-order valence-electron chi connectivity index (χ3n) is 3.90. The molecule has 0 saturated heterocycles. The van der Waals surface area contributed by atoms with Crippen molar-refractivity contribution in [2.75, 3.05) is 6.61 Å². The Morgan fingerprint density at radius 3 is 2.27 bits per heavy atom. The quantitative estimate of drug-likeness (QED) is 0.860. The first-order valence-electron chi connectivity index (χ1n) is 7.96. The maximum absolute atomic E-state index is 11.6. The number of ether oxygens (including phenoxy) is 2. The van der Waals surface area contributed by atoms with Crippen molar-refractivity contribution in [3.05, 3.63) is 29.8 Å². The number of esters is 1. The zero-order valence-corrected chi connectivity index (χ0v) is 13.7. The van der Waals surface area contributed by atoms with Crippen molar-refractivity contribution >= 4 is 5.97 Å². The van der Waals surface area contributed by atoms with E-state index in [0.717, 1.165) is 25.7 Å². The zero-order chi connectivity index (χ0) is 16.2. The van der Waals surface area contributed by atoms with E-state index in [2.05, 4.69) is 0 Å². The molecule has 0 unspecified atom stereocenters. The molecule has 1 aliphatic carbocycles. The van der Waals surface area contributed by atoms with Crippen LogP contribution in [-0.2, 0) is 14.3 Å². The molecule has 0 atom stereocenters. The van der Waals surface area contributed by atoms with E-state index in [-0.39, 0.29) is 18.7 Å². The first-order chi connectivity index (χ1) is 10.3. The molecule has 1 aromatic rings. The minimum absolute atomic E-state index is 0.0335. The van der Waals surface area contributed by atoms with Gasteiger partial charge in [0.15, 0.2) is 0 Å². The van der Waals surface area contributed by atoms with Gasteiger partial charge in [0.05, 0.1) is 6.10 Å². The highest BCUT2D eigenvalue weighted by Gasteiger charge is 2.24. The molecule has 1 aromatic carbocycles. The Labute approximate surface area is 132 Å². The third-order valence-corrected chi connectivity index (χ3v) is 3.90. The van der Waals surface area contributed by atoms with Crippen LogP contribution in [-0.4, -0.2) is 29.4 Å². The highest BCUT2D eigenvalue weighted by molar-refractivity contribution is 5.71. The Kier molecular flexibility index (Phi) is 5.46. The van der Waals surface area contributed by atoms with Gasteiger partial charge >= 0.3 is 5.97 Å². The van der Waals surface area contributed by atoms with Gasteiger partial charge in [-0.3, -0.25) is 0 Å². The van der Waals surface area contributed by atoms with Gasteiger partial charge in [-0.1, -0.05) is 12.1 Å². The Morgan fingerprint density at radius 2 is 1.73 bits per heavy atom. The van der Waals surface area contributed by atoms with Crippen LogP contribution in [0, 0.1) is 0 Å². The topological polar surface area (TPSA) is 55.8 Å². The van der Waals surface area contributed by atoms with Crippen LogP contribution in [0.15, 0.2) is 24.3 Å². The fourth-order valence-electron chi connectivity index (χ4n) is 2.87. The summed E-state index contributed by atoms with van der Waals surface area (Å²) < 4.78 is 10.9. The molecule has 0 heterocycles. The molecular weight excluding hydrogens is 280 g/mol.